The van der Waals surface area contributed by atoms with E-state index < -0.39 is 0 Å². The van der Waals surface area contributed by atoms with Crippen LogP contribution in [0.4, 0.5) is 5.88 Å². The van der Waals surface area contributed by atoms with E-state index in [9.17, 15) is 5.26 Å². The summed E-state index contributed by atoms with van der Waals surface area (Å²) < 4.78 is 7.23. The maximum absolute atomic E-state index is 9.88. The van der Waals surface area contributed by atoms with E-state index in [0.29, 0.717) is 17.2 Å². The number of aliphatic imine (C=N–C) groups is 1. The van der Waals surface area contributed by atoms with Gasteiger partial charge in [0.1, 0.15) is 17.4 Å². The largest absolute Gasteiger partial charge is 0.436 e. The Bertz CT molecular complexity index is 1170. The number of benzene rings is 3. The molecule has 0 saturated carbocycles. The lowest BCUT2D eigenvalue weighted by Crippen LogP contribution is -1.83. The third-order valence-corrected chi connectivity index (χ3v) is 4.95. The summed E-state index contributed by atoms with van der Waals surface area (Å²) in [5.41, 5.74) is 4.00. The van der Waals surface area contributed by atoms with E-state index in [1.165, 1.54) is 0 Å². The monoisotopic (exact) mass is 474 g/mol. The summed E-state index contributed by atoms with van der Waals surface area (Å²) in [6.07, 6.45) is 1.73. The number of hydrogen-bond donors (Lipinski definition) is 0. The second-order valence-electron chi connectivity index (χ2n) is 6.14. The molecule has 0 aliphatic carbocycles. The van der Waals surface area contributed by atoms with Gasteiger partial charge in [0.25, 0.3) is 0 Å². The van der Waals surface area contributed by atoms with Gasteiger partial charge in [0.2, 0.25) is 5.88 Å². The topological polar surface area (TPSA) is 49.3 Å². The molecule has 0 radical (unpaired) electrons. The van der Waals surface area contributed by atoms with Gasteiger partial charge in [-0.15, -0.1) is 0 Å². The molecule has 4 rings (SSSR count). The van der Waals surface area contributed by atoms with E-state index in [0.717, 1.165) is 25.8 Å². The molecule has 1 heterocycles. The highest BCUT2D eigenvalue weighted by molar-refractivity contribution is 14.1. The Kier molecular flexibility index (Phi) is 5.36. The molecule has 0 unspecified atom stereocenters. The molecule has 4 heteroatoms. The second-order valence-corrected chi connectivity index (χ2v) is 7.39. The van der Waals surface area contributed by atoms with Crippen molar-refractivity contribution in [3.8, 4) is 28.5 Å². The SMILES string of the molecule is N#Cc1c(/N=C/c2cccc(I)c2)oc(-c2ccccc2)c1-c1ccccc1. The van der Waals surface area contributed by atoms with E-state index in [-0.39, 0.29) is 0 Å². The predicted octanol–water partition coefficient (Wildman–Crippen LogP) is 6.84. The maximum Gasteiger partial charge on any atom is 0.238 e. The lowest BCUT2D eigenvalue weighted by molar-refractivity contribution is 0.593. The van der Waals surface area contributed by atoms with Crippen LogP contribution in [0.3, 0.4) is 0 Å². The first-order valence-electron chi connectivity index (χ1n) is 8.73. The van der Waals surface area contributed by atoms with Crippen molar-refractivity contribution in [1.29, 1.82) is 5.26 Å². The average molecular weight is 474 g/mol. The van der Waals surface area contributed by atoms with Crippen molar-refractivity contribution >= 4 is 34.7 Å². The van der Waals surface area contributed by atoms with Gasteiger partial charge in [-0.2, -0.15) is 5.26 Å². The van der Waals surface area contributed by atoms with Crippen LogP contribution in [0.1, 0.15) is 11.1 Å². The Morgan fingerprint density at radius 2 is 1.54 bits per heavy atom. The summed E-state index contributed by atoms with van der Waals surface area (Å²) >= 11 is 2.26. The van der Waals surface area contributed by atoms with Gasteiger partial charge in [0.15, 0.2) is 0 Å². The molecule has 0 fully saturated rings. The zero-order valence-corrected chi connectivity index (χ0v) is 17.0. The number of nitrogens with zero attached hydrogens (tertiary/aromatic N) is 2. The van der Waals surface area contributed by atoms with Crippen molar-refractivity contribution in [1.82, 2.24) is 0 Å². The van der Waals surface area contributed by atoms with Crippen molar-refractivity contribution in [2.24, 2.45) is 4.99 Å². The van der Waals surface area contributed by atoms with Crippen LogP contribution in [0.5, 0.6) is 0 Å². The van der Waals surface area contributed by atoms with E-state index in [2.05, 4.69) is 33.7 Å². The molecule has 0 N–H and O–H groups in total. The van der Waals surface area contributed by atoms with Crippen molar-refractivity contribution in [2.45, 2.75) is 0 Å². The van der Waals surface area contributed by atoms with Gasteiger partial charge in [-0.3, -0.25) is 0 Å². The molecule has 0 spiro atoms. The Morgan fingerprint density at radius 1 is 0.857 bits per heavy atom. The first-order chi connectivity index (χ1) is 13.8. The summed E-state index contributed by atoms with van der Waals surface area (Å²) in [5.74, 6) is 0.970. The van der Waals surface area contributed by atoms with Crippen LogP contribution in [0.15, 0.2) is 94.3 Å². The Balaban J connectivity index is 1.88. The molecule has 4 aromatic rings. The Labute approximate surface area is 177 Å². The van der Waals surface area contributed by atoms with Crippen molar-refractivity contribution < 1.29 is 4.42 Å². The fourth-order valence-electron chi connectivity index (χ4n) is 3.01. The summed E-state index contributed by atoms with van der Waals surface area (Å²) in [6.45, 7) is 0. The van der Waals surface area contributed by atoms with Gasteiger partial charge >= 0.3 is 0 Å². The lowest BCUT2D eigenvalue weighted by Gasteiger charge is -2.03. The molecule has 1 aromatic heterocycles. The van der Waals surface area contributed by atoms with Crippen LogP contribution in [0, 0.1) is 14.9 Å². The van der Waals surface area contributed by atoms with Crippen molar-refractivity contribution in [3.05, 3.63) is 99.6 Å². The fourth-order valence-corrected chi connectivity index (χ4v) is 3.57. The smallest absolute Gasteiger partial charge is 0.238 e. The molecule has 3 nitrogen and oxygen atoms in total. The average Bonchev–Trinajstić information content (AvgIpc) is 3.12. The molecule has 0 saturated heterocycles. The minimum absolute atomic E-state index is 0.319. The third kappa shape index (κ3) is 3.75. The van der Waals surface area contributed by atoms with Crippen LogP contribution < -0.4 is 0 Å². The van der Waals surface area contributed by atoms with Crippen LogP contribution in [0.2, 0.25) is 0 Å². The number of rotatable bonds is 4. The highest BCUT2D eigenvalue weighted by Gasteiger charge is 2.22. The molecule has 134 valence electrons. The molecule has 0 amide bonds. The van der Waals surface area contributed by atoms with Crippen LogP contribution >= 0.6 is 22.6 Å². The van der Waals surface area contributed by atoms with Gasteiger partial charge < -0.3 is 4.42 Å². The molecule has 0 aliphatic rings. The van der Waals surface area contributed by atoms with E-state index in [1.807, 2.05) is 84.9 Å². The molecule has 0 aliphatic heterocycles. The number of halogens is 1. The van der Waals surface area contributed by atoms with Gasteiger partial charge in [-0.1, -0.05) is 72.8 Å². The van der Waals surface area contributed by atoms with E-state index >= 15 is 0 Å². The molecular weight excluding hydrogens is 459 g/mol. The summed E-state index contributed by atoms with van der Waals surface area (Å²) in [7, 11) is 0. The quantitative estimate of drug-likeness (QED) is 0.240. The van der Waals surface area contributed by atoms with Crippen molar-refractivity contribution in [2.75, 3.05) is 0 Å². The van der Waals surface area contributed by atoms with E-state index in [4.69, 9.17) is 4.42 Å². The Morgan fingerprint density at radius 3 is 2.18 bits per heavy atom. The zero-order valence-electron chi connectivity index (χ0n) is 14.8. The molecule has 0 bridgehead atoms. The highest BCUT2D eigenvalue weighted by atomic mass is 127. The van der Waals surface area contributed by atoms with Gasteiger partial charge in [-0.05, 0) is 45.9 Å². The lowest BCUT2D eigenvalue weighted by atomic mass is 9.98. The van der Waals surface area contributed by atoms with Gasteiger partial charge in [-0.25, -0.2) is 4.99 Å². The number of hydrogen-bond acceptors (Lipinski definition) is 3. The first-order valence-corrected chi connectivity index (χ1v) is 9.81. The molecule has 0 atom stereocenters. The van der Waals surface area contributed by atoms with E-state index in [1.54, 1.807) is 6.21 Å². The van der Waals surface area contributed by atoms with Crippen LogP contribution in [-0.4, -0.2) is 6.21 Å². The molecular formula is C24H15IN2O. The third-order valence-electron chi connectivity index (χ3n) is 4.28. The van der Waals surface area contributed by atoms with Gasteiger partial charge in [0.05, 0.1) is 0 Å². The number of furan rings is 1. The minimum atomic E-state index is 0.319. The highest BCUT2D eigenvalue weighted by Crippen LogP contribution is 2.42. The second kappa shape index (κ2) is 8.24. The Hall–Kier alpha value is -3.17. The van der Waals surface area contributed by atoms with Crippen LogP contribution in [0.25, 0.3) is 22.5 Å². The van der Waals surface area contributed by atoms with Crippen LogP contribution in [-0.2, 0) is 0 Å². The molecule has 3 aromatic carbocycles. The predicted molar refractivity (Wildman–Crippen MR) is 121 cm³/mol. The fraction of sp³-hybridized carbons (Fsp3) is 0. The summed E-state index contributed by atoms with van der Waals surface area (Å²) in [5, 5.41) is 9.88. The zero-order chi connectivity index (χ0) is 19.3. The first kappa shape index (κ1) is 18.2. The van der Waals surface area contributed by atoms with Gasteiger partial charge in [0, 0.05) is 20.9 Å². The normalized spacial score (nSPS) is 10.9. The number of nitriles is 1. The summed E-state index contributed by atoms with van der Waals surface area (Å²) in [6, 6.07) is 29.9. The minimum Gasteiger partial charge on any atom is -0.436 e. The molecule has 28 heavy (non-hydrogen) atoms. The summed E-state index contributed by atoms with van der Waals surface area (Å²) in [4.78, 5) is 4.50. The standard InChI is InChI=1S/C24H15IN2O/c25-20-13-7-8-17(14-20)16-27-24-21(15-26)22(18-9-3-1-4-10-18)23(28-24)19-11-5-2-6-12-19/h1-14,16H/b27-16+. The van der Waals surface area contributed by atoms with Crippen molar-refractivity contribution in [3.63, 3.8) is 0 Å². The maximum atomic E-state index is 9.88.